The second kappa shape index (κ2) is 10.1. The Balaban J connectivity index is 1.32. The molecule has 1 aromatic carbocycles. The van der Waals surface area contributed by atoms with E-state index in [2.05, 4.69) is 61.5 Å². The second-order valence-corrected chi connectivity index (χ2v) is 18.2. The van der Waals surface area contributed by atoms with E-state index in [4.69, 9.17) is 4.18 Å². The predicted molar refractivity (Wildman–Crippen MR) is 171 cm³/mol. The number of aliphatic hydroxyl groups excluding tert-OH is 1. The van der Waals surface area contributed by atoms with Crippen molar-refractivity contribution in [1.82, 2.24) is 0 Å². The average Bonchev–Trinajstić information content (AvgIpc) is 3.22. The van der Waals surface area contributed by atoms with Crippen LogP contribution in [-0.2, 0) is 22.2 Å². The highest BCUT2D eigenvalue weighted by atomic mass is 32.3. The number of hydrogen-bond acceptors (Lipinski definition) is 5. The van der Waals surface area contributed by atoms with Crippen molar-refractivity contribution < 1.29 is 22.3 Å². The van der Waals surface area contributed by atoms with Crippen LogP contribution in [0.2, 0.25) is 0 Å². The second-order valence-electron chi connectivity index (χ2n) is 17.2. The normalized spacial score (nSPS) is 43.6. The molecule has 0 heterocycles. The van der Waals surface area contributed by atoms with E-state index >= 15 is 0 Å². The summed E-state index contributed by atoms with van der Waals surface area (Å²) in [4.78, 5) is 0. The maximum Gasteiger partial charge on any atom is 0.262 e. The molecule has 0 unspecified atom stereocenters. The first-order chi connectivity index (χ1) is 19.9. The molecule has 5 aliphatic rings. The lowest BCUT2D eigenvalue weighted by Crippen LogP contribution is -2.63. The van der Waals surface area contributed by atoms with E-state index in [1.807, 2.05) is 6.07 Å². The van der Waals surface area contributed by atoms with Gasteiger partial charge in [0, 0.05) is 5.56 Å². The number of fused-ring (bicyclic) bond motifs is 7. The summed E-state index contributed by atoms with van der Waals surface area (Å²) in [6.45, 7) is 19.2. The van der Waals surface area contributed by atoms with Crippen LogP contribution in [0.3, 0.4) is 0 Å². The molecule has 1 aromatic rings. The molecular weight excluding hydrogens is 556 g/mol. The zero-order valence-electron chi connectivity index (χ0n) is 27.9. The summed E-state index contributed by atoms with van der Waals surface area (Å²) in [6.07, 6.45) is 14.0. The highest BCUT2D eigenvalue weighted by Crippen LogP contribution is 2.73. The molecule has 5 aliphatic carbocycles. The molecule has 6 heteroatoms. The number of hydrogen-bond donors (Lipinski definition) is 1. The first-order valence-electron chi connectivity index (χ1n) is 17.0. The van der Waals surface area contributed by atoms with Gasteiger partial charge in [0.05, 0.1) is 6.10 Å². The first-order valence-corrected chi connectivity index (χ1v) is 18.3. The zero-order valence-corrected chi connectivity index (χ0v) is 28.7. The first kappa shape index (κ1) is 31.6. The van der Waals surface area contributed by atoms with Crippen molar-refractivity contribution in [1.29, 1.82) is 0 Å². The van der Waals surface area contributed by atoms with E-state index < -0.39 is 10.4 Å². The minimum Gasteiger partial charge on any atom is -0.716 e. The van der Waals surface area contributed by atoms with E-state index in [9.17, 15) is 18.1 Å². The quantitative estimate of drug-likeness (QED) is 0.205. The lowest BCUT2D eigenvalue weighted by atomic mass is 9.36. The van der Waals surface area contributed by atoms with Crippen molar-refractivity contribution in [3.63, 3.8) is 0 Å². The highest BCUT2D eigenvalue weighted by Gasteiger charge is 2.67. The van der Waals surface area contributed by atoms with Gasteiger partial charge in [-0.25, -0.2) is 8.42 Å². The summed E-state index contributed by atoms with van der Waals surface area (Å²) < 4.78 is 40.0. The molecule has 0 amide bonds. The molecular formula is C37H55O5S-. The average molecular weight is 612 g/mol. The Morgan fingerprint density at radius 2 is 1.56 bits per heavy atom. The molecule has 0 aliphatic heterocycles. The Kier molecular flexibility index (Phi) is 7.40. The lowest BCUT2D eigenvalue weighted by molar-refractivity contribution is -0.208. The lowest BCUT2D eigenvalue weighted by Gasteiger charge is -2.68. The molecule has 0 radical (unpaired) electrons. The van der Waals surface area contributed by atoms with Crippen LogP contribution in [0.25, 0.3) is 0 Å². The van der Waals surface area contributed by atoms with E-state index in [0.29, 0.717) is 29.1 Å². The standard InChI is InChI=1S/C37H56O5S/c1-23-10-9-17-33(3,4)26(23)13-18-36(7)29-14-19-35(6)28(34(29,5)21-16-31(36)38)15-20-37(8)30(35)22-25-27(42-43(39,40)41)12-11-24(2)32(25)37/h10-12,26,28-31,38H,9,13-22H2,1-8H3,(H,39,40,41)/p-1/t26-,28-,29-,30+,31+,34-,35-,36+,37+/m1/s1. The fourth-order valence-corrected chi connectivity index (χ4v) is 13.1. The minimum absolute atomic E-state index is 0.0756. The van der Waals surface area contributed by atoms with Crippen molar-refractivity contribution in [2.75, 3.05) is 0 Å². The molecule has 43 heavy (non-hydrogen) atoms. The van der Waals surface area contributed by atoms with Gasteiger partial charge in [-0.15, -0.1) is 0 Å². The van der Waals surface area contributed by atoms with Crippen molar-refractivity contribution in [2.45, 2.75) is 138 Å². The minimum atomic E-state index is -4.85. The molecule has 5 nitrogen and oxygen atoms in total. The fourth-order valence-electron chi connectivity index (χ4n) is 12.7. The van der Waals surface area contributed by atoms with E-state index in [-0.39, 0.29) is 33.5 Å². The van der Waals surface area contributed by atoms with Gasteiger partial charge in [0.1, 0.15) is 5.75 Å². The number of aliphatic hydroxyl groups is 1. The molecule has 3 saturated carbocycles. The van der Waals surface area contributed by atoms with Crippen LogP contribution in [-0.4, -0.2) is 24.2 Å². The molecule has 0 aromatic heterocycles. The van der Waals surface area contributed by atoms with Crippen LogP contribution in [0.5, 0.6) is 5.75 Å². The van der Waals surface area contributed by atoms with Gasteiger partial charge in [-0.2, -0.15) is 0 Å². The van der Waals surface area contributed by atoms with Gasteiger partial charge in [0.15, 0.2) is 0 Å². The van der Waals surface area contributed by atoms with Crippen LogP contribution in [0.15, 0.2) is 23.8 Å². The maximum absolute atomic E-state index is 11.7. The van der Waals surface area contributed by atoms with Gasteiger partial charge in [-0.1, -0.05) is 59.3 Å². The fraction of sp³-hybridized carbons (Fsp3) is 0.784. The van der Waals surface area contributed by atoms with Gasteiger partial charge >= 0.3 is 0 Å². The predicted octanol–water partition coefficient (Wildman–Crippen LogP) is 8.42. The number of aryl methyl sites for hydroxylation is 1. The summed E-state index contributed by atoms with van der Waals surface area (Å²) in [5.41, 5.74) is 5.23. The SMILES string of the molecule is CC1=CCCC(C)(C)[C@@H]1CC[C@@]1(C)[C@@H]2CC[C@]3(C)[C@H](CC[C@]4(C)c5c(C)ccc(OS(=O)(=O)[O-])c5C[C@@H]34)[C@@]2(C)CC[C@@H]1O. The Labute approximate surface area is 261 Å². The Morgan fingerprint density at radius 3 is 2.23 bits per heavy atom. The Hall–Kier alpha value is -1.37. The van der Waals surface area contributed by atoms with Crippen molar-refractivity contribution in [3.8, 4) is 5.75 Å². The summed E-state index contributed by atoms with van der Waals surface area (Å²) in [5, 5.41) is 11.7. The molecule has 240 valence electrons. The van der Waals surface area contributed by atoms with Gasteiger partial charge in [0.25, 0.3) is 10.4 Å². The molecule has 3 fully saturated rings. The highest BCUT2D eigenvalue weighted by molar-refractivity contribution is 7.81. The van der Waals surface area contributed by atoms with E-state index in [0.717, 1.165) is 63.4 Å². The molecule has 9 atom stereocenters. The van der Waals surface area contributed by atoms with Crippen LogP contribution >= 0.6 is 0 Å². The van der Waals surface area contributed by atoms with Gasteiger partial charge in [0.2, 0.25) is 0 Å². The topological polar surface area (TPSA) is 86.7 Å². The van der Waals surface area contributed by atoms with Crippen LogP contribution in [0.4, 0.5) is 0 Å². The van der Waals surface area contributed by atoms with E-state index in [1.165, 1.54) is 24.0 Å². The Bertz CT molecular complexity index is 1430. The third-order valence-corrected chi connectivity index (χ3v) is 15.1. The third kappa shape index (κ3) is 4.70. The smallest absolute Gasteiger partial charge is 0.262 e. The summed E-state index contributed by atoms with van der Waals surface area (Å²) in [5.74, 6) is 2.20. The number of allylic oxidation sites excluding steroid dienone is 2. The van der Waals surface area contributed by atoms with Crippen molar-refractivity contribution in [2.24, 2.45) is 45.3 Å². The zero-order chi connectivity index (χ0) is 31.4. The monoisotopic (exact) mass is 611 g/mol. The maximum atomic E-state index is 11.7. The molecule has 0 bridgehead atoms. The van der Waals surface area contributed by atoms with Crippen LogP contribution < -0.4 is 4.18 Å². The summed E-state index contributed by atoms with van der Waals surface area (Å²) in [7, 11) is -4.85. The van der Waals surface area contributed by atoms with Crippen LogP contribution in [0.1, 0.15) is 129 Å². The summed E-state index contributed by atoms with van der Waals surface area (Å²) >= 11 is 0. The van der Waals surface area contributed by atoms with Gasteiger partial charge in [-0.05, 0) is 152 Å². The van der Waals surface area contributed by atoms with Crippen LogP contribution in [0, 0.1) is 52.3 Å². The molecule has 1 N–H and O–H groups in total. The molecule has 6 rings (SSSR count). The summed E-state index contributed by atoms with van der Waals surface area (Å²) in [6, 6.07) is 3.61. The van der Waals surface area contributed by atoms with Gasteiger partial charge < -0.3 is 13.8 Å². The van der Waals surface area contributed by atoms with Crippen molar-refractivity contribution >= 4 is 10.4 Å². The molecule has 0 spiro atoms. The van der Waals surface area contributed by atoms with E-state index in [1.54, 1.807) is 11.6 Å². The largest absolute Gasteiger partial charge is 0.716 e. The van der Waals surface area contributed by atoms with Crippen molar-refractivity contribution in [3.05, 3.63) is 40.5 Å². The number of rotatable bonds is 5. The third-order valence-electron chi connectivity index (χ3n) is 14.8. The molecule has 0 saturated heterocycles. The number of benzene rings is 1. The van der Waals surface area contributed by atoms with Gasteiger partial charge in [-0.3, -0.25) is 0 Å². The Morgan fingerprint density at radius 1 is 0.907 bits per heavy atom.